The van der Waals surface area contributed by atoms with Crippen LogP contribution in [0.15, 0.2) is 60.8 Å². The van der Waals surface area contributed by atoms with Crippen molar-refractivity contribution >= 4 is 34.4 Å². The molecule has 4 aromatic rings. The minimum Gasteiger partial charge on any atom is -0.481 e. The van der Waals surface area contributed by atoms with Gasteiger partial charge in [-0.1, -0.05) is 43.6 Å². The van der Waals surface area contributed by atoms with Crippen LogP contribution in [0.4, 0.5) is 17.6 Å². The molecule has 10 heteroatoms. The number of aromatic nitrogens is 1. The Labute approximate surface area is 239 Å². The largest absolute Gasteiger partial charge is 0.481 e. The summed E-state index contributed by atoms with van der Waals surface area (Å²) in [6, 6.07) is 12.8. The SMILES string of the molecule is Cc1c(-c2ccc(C(F)(F)F)cc2Cl)cc(F)c2c1ccn2C(CC(C)C)c1ccc(C(=O)NCCC(=O)O)cc1. The van der Waals surface area contributed by atoms with Crippen molar-refractivity contribution in [2.24, 2.45) is 5.92 Å². The van der Waals surface area contributed by atoms with Gasteiger partial charge in [-0.3, -0.25) is 9.59 Å². The molecule has 1 heterocycles. The fourth-order valence-electron chi connectivity index (χ4n) is 5.00. The lowest BCUT2D eigenvalue weighted by Gasteiger charge is -2.24. The molecule has 0 saturated carbocycles. The number of carboxylic acid groups (broad SMARTS) is 1. The van der Waals surface area contributed by atoms with Gasteiger partial charge in [0.05, 0.1) is 23.5 Å². The summed E-state index contributed by atoms with van der Waals surface area (Å²) in [6.07, 6.45) is -2.27. The summed E-state index contributed by atoms with van der Waals surface area (Å²) in [5, 5.41) is 11.8. The van der Waals surface area contributed by atoms with E-state index >= 15 is 4.39 Å². The van der Waals surface area contributed by atoms with Gasteiger partial charge in [0.25, 0.3) is 5.91 Å². The van der Waals surface area contributed by atoms with E-state index in [-0.39, 0.29) is 35.9 Å². The zero-order valence-electron chi connectivity index (χ0n) is 22.7. The number of nitrogens with one attached hydrogen (secondary N) is 1. The third-order valence-corrected chi connectivity index (χ3v) is 7.33. The maximum atomic E-state index is 15.8. The van der Waals surface area contributed by atoms with Gasteiger partial charge in [-0.2, -0.15) is 13.2 Å². The van der Waals surface area contributed by atoms with Crippen LogP contribution in [-0.2, 0) is 11.0 Å². The summed E-state index contributed by atoms with van der Waals surface area (Å²) < 4.78 is 57.1. The Kier molecular flexibility index (Phi) is 8.77. The lowest BCUT2D eigenvalue weighted by molar-refractivity contribution is -0.138. The number of aryl methyl sites for hydroxylation is 1. The lowest BCUT2D eigenvalue weighted by atomic mass is 9.94. The molecule has 0 spiro atoms. The number of rotatable bonds is 9. The first-order valence-electron chi connectivity index (χ1n) is 13.0. The van der Waals surface area contributed by atoms with Crippen molar-refractivity contribution < 1.29 is 32.3 Å². The molecule has 5 nitrogen and oxygen atoms in total. The van der Waals surface area contributed by atoms with E-state index < -0.39 is 23.5 Å². The fourth-order valence-corrected chi connectivity index (χ4v) is 5.28. The molecule has 216 valence electrons. The maximum Gasteiger partial charge on any atom is 0.416 e. The van der Waals surface area contributed by atoms with Gasteiger partial charge in [0.2, 0.25) is 0 Å². The Hall–Kier alpha value is -3.85. The highest BCUT2D eigenvalue weighted by Gasteiger charge is 2.31. The number of carbonyl (C=O) groups excluding carboxylic acids is 1. The highest BCUT2D eigenvalue weighted by Crippen LogP contribution is 2.40. The zero-order chi connectivity index (χ0) is 30.1. The number of fused-ring (bicyclic) bond motifs is 1. The molecule has 2 N–H and O–H groups in total. The molecule has 41 heavy (non-hydrogen) atoms. The van der Waals surface area contributed by atoms with Crippen LogP contribution in [0.3, 0.4) is 0 Å². The van der Waals surface area contributed by atoms with E-state index in [4.69, 9.17) is 16.7 Å². The molecule has 1 atom stereocenters. The molecular weight excluding hydrogens is 560 g/mol. The minimum absolute atomic E-state index is 0.0134. The van der Waals surface area contributed by atoms with Crippen molar-refractivity contribution in [1.29, 1.82) is 0 Å². The van der Waals surface area contributed by atoms with Crippen molar-refractivity contribution in [1.82, 2.24) is 9.88 Å². The van der Waals surface area contributed by atoms with Crippen LogP contribution in [0.2, 0.25) is 5.02 Å². The fraction of sp³-hybridized carbons (Fsp3) is 0.290. The second-order valence-corrected chi connectivity index (χ2v) is 10.8. The molecule has 0 aliphatic carbocycles. The predicted octanol–water partition coefficient (Wildman–Crippen LogP) is 8.27. The molecule has 0 saturated heterocycles. The molecule has 0 radical (unpaired) electrons. The average molecular weight is 589 g/mol. The van der Waals surface area contributed by atoms with E-state index in [9.17, 15) is 22.8 Å². The first-order valence-corrected chi connectivity index (χ1v) is 13.4. The molecule has 0 aliphatic heterocycles. The summed E-state index contributed by atoms with van der Waals surface area (Å²) >= 11 is 6.23. The first kappa shape index (κ1) is 30.1. The molecule has 0 bridgehead atoms. The van der Waals surface area contributed by atoms with E-state index in [1.165, 1.54) is 12.1 Å². The van der Waals surface area contributed by atoms with Crippen molar-refractivity contribution in [3.05, 3.63) is 93.9 Å². The van der Waals surface area contributed by atoms with Gasteiger partial charge in [-0.05, 0) is 72.4 Å². The van der Waals surface area contributed by atoms with E-state index in [0.717, 1.165) is 17.7 Å². The molecule has 0 fully saturated rings. The number of nitrogens with zero attached hydrogens (tertiary/aromatic N) is 1. The number of amides is 1. The van der Waals surface area contributed by atoms with Gasteiger partial charge in [-0.25, -0.2) is 4.39 Å². The highest BCUT2D eigenvalue weighted by atomic mass is 35.5. The Bertz CT molecular complexity index is 1590. The topological polar surface area (TPSA) is 71.3 Å². The summed E-state index contributed by atoms with van der Waals surface area (Å²) in [5.41, 5.74) is 2.10. The zero-order valence-corrected chi connectivity index (χ0v) is 23.4. The molecule has 1 unspecified atom stereocenters. The van der Waals surface area contributed by atoms with Crippen LogP contribution in [0.25, 0.3) is 22.0 Å². The van der Waals surface area contributed by atoms with Crippen LogP contribution in [0, 0.1) is 18.7 Å². The number of carbonyl (C=O) groups is 2. The number of halogens is 5. The second kappa shape index (κ2) is 11.9. The molecule has 0 aliphatic rings. The third kappa shape index (κ3) is 6.56. The quantitative estimate of drug-likeness (QED) is 0.193. The lowest BCUT2D eigenvalue weighted by Crippen LogP contribution is -2.26. The Balaban J connectivity index is 1.72. The molecular formula is C31H29ClF4N2O3. The van der Waals surface area contributed by atoms with Gasteiger partial charge in [0.1, 0.15) is 5.82 Å². The van der Waals surface area contributed by atoms with Crippen LogP contribution >= 0.6 is 11.6 Å². The maximum absolute atomic E-state index is 15.8. The van der Waals surface area contributed by atoms with Crippen LogP contribution in [0.5, 0.6) is 0 Å². The standard InChI is InChI=1S/C31H29ClF4N2O3/c1-17(2)14-27(19-4-6-20(7-5-19)30(41)37-12-10-28(39)40)38-13-11-22-18(3)24(16-26(33)29(22)38)23-9-8-21(15-25(23)32)31(34,35)36/h4-9,11,13,15-17,27H,10,12,14H2,1-3H3,(H,37,41)(H,39,40). The predicted molar refractivity (Wildman–Crippen MR) is 151 cm³/mol. The second-order valence-electron chi connectivity index (χ2n) is 10.4. The number of hydrogen-bond donors (Lipinski definition) is 2. The summed E-state index contributed by atoms with van der Waals surface area (Å²) in [6.45, 7) is 5.90. The minimum atomic E-state index is -4.54. The normalized spacial score (nSPS) is 12.6. The Morgan fingerprint density at radius 1 is 1.02 bits per heavy atom. The number of carboxylic acids is 1. The van der Waals surface area contributed by atoms with Gasteiger partial charge < -0.3 is 15.0 Å². The van der Waals surface area contributed by atoms with Crippen molar-refractivity contribution in [3.8, 4) is 11.1 Å². The van der Waals surface area contributed by atoms with Gasteiger partial charge in [-0.15, -0.1) is 0 Å². The molecule has 1 aromatic heterocycles. The van der Waals surface area contributed by atoms with Gasteiger partial charge >= 0.3 is 12.1 Å². The van der Waals surface area contributed by atoms with Crippen molar-refractivity contribution in [2.45, 2.75) is 45.8 Å². The summed E-state index contributed by atoms with van der Waals surface area (Å²) in [5.74, 6) is -1.69. The summed E-state index contributed by atoms with van der Waals surface area (Å²) in [4.78, 5) is 23.1. The van der Waals surface area contributed by atoms with E-state index in [1.54, 1.807) is 43.5 Å². The van der Waals surface area contributed by atoms with Crippen molar-refractivity contribution in [2.75, 3.05) is 6.54 Å². The van der Waals surface area contributed by atoms with Crippen LogP contribution in [0.1, 0.15) is 59.8 Å². The number of benzene rings is 3. The van der Waals surface area contributed by atoms with Crippen LogP contribution in [-0.4, -0.2) is 28.1 Å². The van der Waals surface area contributed by atoms with Crippen LogP contribution < -0.4 is 5.32 Å². The smallest absolute Gasteiger partial charge is 0.416 e. The molecule has 1 amide bonds. The van der Waals surface area contributed by atoms with Crippen molar-refractivity contribution in [3.63, 3.8) is 0 Å². The van der Waals surface area contributed by atoms with E-state index in [2.05, 4.69) is 19.2 Å². The highest BCUT2D eigenvalue weighted by molar-refractivity contribution is 6.33. The monoisotopic (exact) mass is 588 g/mol. The van der Waals surface area contributed by atoms with Gasteiger partial charge in [0, 0.05) is 34.3 Å². The van der Waals surface area contributed by atoms with E-state index in [1.807, 2.05) is 4.57 Å². The Morgan fingerprint density at radius 2 is 1.71 bits per heavy atom. The average Bonchev–Trinajstić information content (AvgIpc) is 3.35. The first-order chi connectivity index (χ1) is 19.3. The number of aliphatic carboxylic acids is 1. The third-order valence-electron chi connectivity index (χ3n) is 7.02. The van der Waals surface area contributed by atoms with Gasteiger partial charge in [0.15, 0.2) is 0 Å². The number of hydrogen-bond acceptors (Lipinski definition) is 2. The Morgan fingerprint density at radius 3 is 2.29 bits per heavy atom. The van der Waals surface area contributed by atoms with E-state index in [0.29, 0.717) is 39.6 Å². The molecule has 4 rings (SSSR count). The summed E-state index contributed by atoms with van der Waals surface area (Å²) in [7, 11) is 0. The molecule has 3 aromatic carbocycles. The number of alkyl halides is 3.